The molecule has 0 aliphatic heterocycles. The van der Waals surface area contributed by atoms with Crippen molar-refractivity contribution in [2.24, 2.45) is 0 Å². The molecule has 2 rings (SSSR count). The molecule has 1 aliphatic rings. The van der Waals surface area contributed by atoms with Crippen LogP contribution >= 0.6 is 0 Å². The molecule has 1 aromatic carbocycles. The molecule has 1 amide bonds. The van der Waals surface area contributed by atoms with Crippen LogP contribution in [0.15, 0.2) is 18.2 Å². The van der Waals surface area contributed by atoms with Gasteiger partial charge in [-0.25, -0.2) is 0 Å². The van der Waals surface area contributed by atoms with E-state index in [9.17, 15) is 4.79 Å². The fraction of sp³-hybridized carbons (Fsp3) is 0.562. The summed E-state index contributed by atoms with van der Waals surface area (Å²) in [5.74, 6) is 0.0659. The zero-order valence-electron chi connectivity index (χ0n) is 12.1. The Bertz CT molecular complexity index is 454. The molecular formula is C16H24N2O. The van der Waals surface area contributed by atoms with Crippen LogP contribution in [0.2, 0.25) is 0 Å². The summed E-state index contributed by atoms with van der Waals surface area (Å²) in [5.41, 5.74) is 4.25. The molecule has 0 saturated heterocycles. The Morgan fingerprint density at radius 1 is 1.21 bits per heavy atom. The Balaban J connectivity index is 1.86. The molecular weight excluding hydrogens is 236 g/mol. The molecule has 104 valence electrons. The molecule has 0 saturated carbocycles. The molecule has 3 heteroatoms. The van der Waals surface area contributed by atoms with Crippen LogP contribution in [0.5, 0.6) is 0 Å². The van der Waals surface area contributed by atoms with Crippen molar-refractivity contribution in [3.05, 3.63) is 34.9 Å². The Morgan fingerprint density at radius 3 is 2.68 bits per heavy atom. The van der Waals surface area contributed by atoms with Crippen molar-refractivity contribution in [2.45, 2.75) is 58.7 Å². The van der Waals surface area contributed by atoms with Gasteiger partial charge in [-0.15, -0.1) is 0 Å². The van der Waals surface area contributed by atoms with E-state index in [0.717, 1.165) is 6.54 Å². The third-order valence-electron chi connectivity index (χ3n) is 3.60. The van der Waals surface area contributed by atoms with Crippen molar-refractivity contribution >= 4 is 5.91 Å². The standard InChI is InChI=1S/C16H24N2O/c1-11(2)18-16(19)12(3)17-10-13-7-8-14-5-4-6-15(14)9-13/h7-9,11-12,17H,4-6,10H2,1-3H3,(H,18,19). The lowest BCUT2D eigenvalue weighted by molar-refractivity contribution is -0.123. The zero-order valence-corrected chi connectivity index (χ0v) is 12.1. The normalized spacial score (nSPS) is 15.4. The molecule has 1 aliphatic carbocycles. The summed E-state index contributed by atoms with van der Waals surface area (Å²) in [7, 11) is 0. The average molecular weight is 260 g/mol. The van der Waals surface area contributed by atoms with Crippen molar-refractivity contribution in [3.63, 3.8) is 0 Å². The first-order valence-electron chi connectivity index (χ1n) is 7.20. The van der Waals surface area contributed by atoms with Gasteiger partial charge in [0, 0.05) is 12.6 Å². The highest BCUT2D eigenvalue weighted by Gasteiger charge is 2.14. The van der Waals surface area contributed by atoms with Gasteiger partial charge in [0.15, 0.2) is 0 Å². The summed E-state index contributed by atoms with van der Waals surface area (Å²) in [6.45, 7) is 6.61. The predicted octanol–water partition coefficient (Wildman–Crippen LogP) is 2.18. The van der Waals surface area contributed by atoms with E-state index >= 15 is 0 Å². The van der Waals surface area contributed by atoms with Crippen LogP contribution in [0.3, 0.4) is 0 Å². The van der Waals surface area contributed by atoms with Gasteiger partial charge in [0.2, 0.25) is 5.91 Å². The molecule has 0 bridgehead atoms. The van der Waals surface area contributed by atoms with E-state index in [0.29, 0.717) is 0 Å². The minimum atomic E-state index is -0.157. The number of hydrogen-bond donors (Lipinski definition) is 2. The van der Waals surface area contributed by atoms with E-state index in [1.807, 2.05) is 20.8 Å². The maximum Gasteiger partial charge on any atom is 0.237 e. The van der Waals surface area contributed by atoms with Crippen molar-refractivity contribution in [1.82, 2.24) is 10.6 Å². The second-order valence-electron chi connectivity index (χ2n) is 5.72. The van der Waals surface area contributed by atoms with E-state index in [1.165, 1.54) is 36.0 Å². The van der Waals surface area contributed by atoms with Gasteiger partial charge in [-0.05, 0) is 56.7 Å². The van der Waals surface area contributed by atoms with Gasteiger partial charge in [0.1, 0.15) is 0 Å². The largest absolute Gasteiger partial charge is 0.353 e. The van der Waals surface area contributed by atoms with E-state index in [-0.39, 0.29) is 18.0 Å². The first-order chi connectivity index (χ1) is 9.06. The fourth-order valence-corrected chi connectivity index (χ4v) is 2.51. The summed E-state index contributed by atoms with van der Waals surface area (Å²) in [6.07, 6.45) is 3.70. The van der Waals surface area contributed by atoms with Crippen molar-refractivity contribution < 1.29 is 4.79 Å². The number of carbonyl (C=O) groups excluding carboxylic acids is 1. The summed E-state index contributed by atoms with van der Waals surface area (Å²) in [5, 5.41) is 6.20. The summed E-state index contributed by atoms with van der Waals surface area (Å²) < 4.78 is 0. The number of aryl methyl sites for hydroxylation is 2. The van der Waals surface area contributed by atoms with Gasteiger partial charge in [-0.1, -0.05) is 18.2 Å². The van der Waals surface area contributed by atoms with Crippen molar-refractivity contribution in [3.8, 4) is 0 Å². The Labute approximate surface area is 115 Å². The van der Waals surface area contributed by atoms with Crippen molar-refractivity contribution in [1.29, 1.82) is 0 Å². The predicted molar refractivity (Wildman–Crippen MR) is 78.0 cm³/mol. The molecule has 1 unspecified atom stereocenters. The maximum atomic E-state index is 11.8. The number of benzene rings is 1. The highest BCUT2D eigenvalue weighted by molar-refractivity contribution is 5.81. The Morgan fingerprint density at radius 2 is 1.95 bits per heavy atom. The van der Waals surface area contributed by atoms with E-state index < -0.39 is 0 Å². The number of fused-ring (bicyclic) bond motifs is 1. The molecule has 3 nitrogen and oxygen atoms in total. The number of nitrogens with one attached hydrogen (secondary N) is 2. The van der Waals surface area contributed by atoms with Gasteiger partial charge >= 0.3 is 0 Å². The highest BCUT2D eigenvalue weighted by atomic mass is 16.2. The maximum absolute atomic E-state index is 11.8. The van der Waals surface area contributed by atoms with E-state index in [2.05, 4.69) is 28.8 Å². The van der Waals surface area contributed by atoms with Crippen LogP contribution < -0.4 is 10.6 Å². The number of carbonyl (C=O) groups is 1. The van der Waals surface area contributed by atoms with Crippen LogP contribution in [-0.2, 0) is 24.2 Å². The van der Waals surface area contributed by atoms with Crippen LogP contribution in [0.1, 0.15) is 43.9 Å². The highest BCUT2D eigenvalue weighted by Crippen LogP contribution is 2.22. The smallest absolute Gasteiger partial charge is 0.237 e. The lowest BCUT2D eigenvalue weighted by Gasteiger charge is -2.16. The minimum Gasteiger partial charge on any atom is -0.353 e. The summed E-state index contributed by atoms with van der Waals surface area (Å²) in [4.78, 5) is 11.8. The average Bonchev–Trinajstić information content (AvgIpc) is 2.82. The molecule has 1 atom stereocenters. The third kappa shape index (κ3) is 3.80. The first kappa shape index (κ1) is 14.1. The van der Waals surface area contributed by atoms with Gasteiger partial charge in [-0.3, -0.25) is 4.79 Å². The van der Waals surface area contributed by atoms with Gasteiger partial charge in [0.25, 0.3) is 0 Å². The monoisotopic (exact) mass is 260 g/mol. The second-order valence-corrected chi connectivity index (χ2v) is 5.72. The fourth-order valence-electron chi connectivity index (χ4n) is 2.51. The van der Waals surface area contributed by atoms with Gasteiger partial charge in [0.05, 0.1) is 6.04 Å². The van der Waals surface area contributed by atoms with Crippen LogP contribution in [0.25, 0.3) is 0 Å². The van der Waals surface area contributed by atoms with Crippen LogP contribution in [-0.4, -0.2) is 18.0 Å². The van der Waals surface area contributed by atoms with E-state index in [4.69, 9.17) is 0 Å². The molecule has 0 radical (unpaired) electrons. The lowest BCUT2D eigenvalue weighted by Crippen LogP contribution is -2.44. The van der Waals surface area contributed by atoms with Crippen LogP contribution in [0, 0.1) is 0 Å². The zero-order chi connectivity index (χ0) is 13.8. The van der Waals surface area contributed by atoms with Crippen LogP contribution in [0.4, 0.5) is 0 Å². The molecule has 0 spiro atoms. The lowest BCUT2D eigenvalue weighted by atomic mass is 10.1. The molecule has 2 N–H and O–H groups in total. The second kappa shape index (κ2) is 6.20. The number of amides is 1. The van der Waals surface area contributed by atoms with Gasteiger partial charge < -0.3 is 10.6 Å². The summed E-state index contributed by atoms with van der Waals surface area (Å²) >= 11 is 0. The topological polar surface area (TPSA) is 41.1 Å². The summed E-state index contributed by atoms with van der Waals surface area (Å²) in [6, 6.07) is 6.72. The van der Waals surface area contributed by atoms with E-state index in [1.54, 1.807) is 0 Å². The molecule has 0 aromatic heterocycles. The Kier molecular flexibility index (Phi) is 4.59. The van der Waals surface area contributed by atoms with Crippen molar-refractivity contribution in [2.75, 3.05) is 0 Å². The van der Waals surface area contributed by atoms with Gasteiger partial charge in [-0.2, -0.15) is 0 Å². The first-order valence-corrected chi connectivity index (χ1v) is 7.20. The molecule has 0 fully saturated rings. The Hall–Kier alpha value is -1.35. The molecule has 1 aromatic rings. The quantitative estimate of drug-likeness (QED) is 0.852. The molecule has 19 heavy (non-hydrogen) atoms. The number of rotatable bonds is 5. The number of hydrogen-bond acceptors (Lipinski definition) is 2. The minimum absolute atomic E-state index is 0.0659. The third-order valence-corrected chi connectivity index (χ3v) is 3.60. The molecule has 0 heterocycles. The SMILES string of the molecule is CC(C)NC(=O)C(C)NCc1ccc2c(c1)CCC2.